The number of halogens is 2. The van der Waals surface area contributed by atoms with Gasteiger partial charge in [-0.25, -0.2) is 0 Å². The van der Waals surface area contributed by atoms with Gasteiger partial charge < -0.3 is 5.73 Å². The minimum absolute atomic E-state index is 0.0766. The highest BCUT2D eigenvalue weighted by Crippen LogP contribution is 2.30. The van der Waals surface area contributed by atoms with Gasteiger partial charge in [0.15, 0.2) is 0 Å². The third-order valence-corrected chi connectivity index (χ3v) is 4.67. The van der Waals surface area contributed by atoms with E-state index in [1.807, 2.05) is 18.2 Å². The molecule has 1 nitrogen and oxygen atoms in total. The van der Waals surface area contributed by atoms with E-state index in [1.54, 1.807) is 11.3 Å². The molecule has 0 spiro atoms. The fourth-order valence-corrected chi connectivity index (χ4v) is 2.91. The second kappa shape index (κ2) is 4.88. The van der Waals surface area contributed by atoms with Crippen LogP contribution >= 0.6 is 38.9 Å². The minimum Gasteiger partial charge on any atom is -0.320 e. The molecule has 1 heterocycles. The number of aryl methyl sites for hydroxylation is 1. The van der Waals surface area contributed by atoms with Gasteiger partial charge in [-0.2, -0.15) is 0 Å². The number of benzene rings is 1. The Morgan fingerprint density at radius 3 is 2.62 bits per heavy atom. The predicted octanol–water partition coefficient (Wildman–Crippen LogP) is 4.52. The molecule has 1 atom stereocenters. The van der Waals surface area contributed by atoms with Gasteiger partial charge in [-0.3, -0.25) is 0 Å². The van der Waals surface area contributed by atoms with E-state index in [9.17, 15) is 0 Å². The van der Waals surface area contributed by atoms with Crippen LogP contribution in [0.3, 0.4) is 0 Å². The van der Waals surface area contributed by atoms with Gasteiger partial charge in [0.1, 0.15) is 0 Å². The Morgan fingerprint density at radius 2 is 2.06 bits per heavy atom. The summed E-state index contributed by atoms with van der Waals surface area (Å²) in [5.74, 6) is 0. The van der Waals surface area contributed by atoms with Crippen LogP contribution in [0.4, 0.5) is 0 Å². The van der Waals surface area contributed by atoms with E-state index in [2.05, 4.69) is 35.0 Å². The van der Waals surface area contributed by atoms with E-state index in [0.717, 1.165) is 10.0 Å². The highest BCUT2D eigenvalue weighted by Gasteiger charge is 2.11. The maximum absolute atomic E-state index is 6.20. The maximum Gasteiger partial charge on any atom is 0.0646 e. The summed E-state index contributed by atoms with van der Waals surface area (Å²) in [7, 11) is 0. The minimum atomic E-state index is -0.0766. The van der Waals surface area contributed by atoms with Crippen LogP contribution in [0.2, 0.25) is 5.02 Å². The second-order valence-corrected chi connectivity index (χ2v) is 6.18. The number of hydrogen-bond donors (Lipinski definition) is 1. The van der Waals surface area contributed by atoms with Crippen molar-refractivity contribution in [2.45, 2.75) is 13.0 Å². The standard InChI is InChI=1S/C12H11BrClNS/c1-7-2-5-11(16-7)12(15)8-3-4-10(14)9(13)6-8/h2-6,12H,15H2,1H3. The Balaban J connectivity index is 2.33. The molecule has 2 rings (SSSR count). The Hall–Kier alpha value is -0.350. The molecular formula is C12H11BrClNS. The maximum atomic E-state index is 6.20. The fourth-order valence-electron chi connectivity index (χ4n) is 1.49. The molecule has 1 aromatic carbocycles. The smallest absolute Gasteiger partial charge is 0.0646 e. The lowest BCUT2D eigenvalue weighted by Gasteiger charge is -2.10. The summed E-state index contributed by atoms with van der Waals surface area (Å²) in [5, 5.41) is 0.707. The van der Waals surface area contributed by atoms with Gasteiger partial charge in [-0.1, -0.05) is 17.7 Å². The first-order valence-corrected chi connectivity index (χ1v) is 6.83. The largest absolute Gasteiger partial charge is 0.320 e. The molecule has 0 saturated heterocycles. The Morgan fingerprint density at radius 1 is 1.31 bits per heavy atom. The van der Waals surface area contributed by atoms with Crippen molar-refractivity contribution in [1.82, 2.24) is 0 Å². The first-order valence-electron chi connectivity index (χ1n) is 4.85. The van der Waals surface area contributed by atoms with E-state index in [4.69, 9.17) is 17.3 Å². The molecule has 0 radical (unpaired) electrons. The highest BCUT2D eigenvalue weighted by atomic mass is 79.9. The van der Waals surface area contributed by atoms with Crippen LogP contribution in [0.5, 0.6) is 0 Å². The van der Waals surface area contributed by atoms with Crippen molar-refractivity contribution in [3.05, 3.63) is 55.1 Å². The zero-order chi connectivity index (χ0) is 11.7. The van der Waals surface area contributed by atoms with Crippen LogP contribution < -0.4 is 5.73 Å². The van der Waals surface area contributed by atoms with Crippen molar-refractivity contribution >= 4 is 38.9 Å². The van der Waals surface area contributed by atoms with E-state index in [1.165, 1.54) is 9.75 Å². The van der Waals surface area contributed by atoms with E-state index < -0.39 is 0 Å². The van der Waals surface area contributed by atoms with Crippen LogP contribution in [0.25, 0.3) is 0 Å². The molecule has 0 saturated carbocycles. The third-order valence-electron chi connectivity index (χ3n) is 2.37. The Kier molecular flexibility index (Phi) is 3.70. The van der Waals surface area contributed by atoms with Gasteiger partial charge in [0.25, 0.3) is 0 Å². The molecule has 1 unspecified atom stereocenters. The molecule has 0 bridgehead atoms. The lowest BCUT2D eigenvalue weighted by molar-refractivity contribution is 0.892. The van der Waals surface area contributed by atoms with Crippen LogP contribution in [0.1, 0.15) is 21.4 Å². The van der Waals surface area contributed by atoms with Crippen molar-refractivity contribution in [3.8, 4) is 0 Å². The normalized spacial score (nSPS) is 12.8. The van der Waals surface area contributed by atoms with Crippen molar-refractivity contribution in [3.63, 3.8) is 0 Å². The average molecular weight is 317 g/mol. The predicted molar refractivity (Wildman–Crippen MR) is 74.2 cm³/mol. The van der Waals surface area contributed by atoms with Gasteiger partial charge in [0.2, 0.25) is 0 Å². The number of hydrogen-bond acceptors (Lipinski definition) is 2. The van der Waals surface area contributed by atoms with Gasteiger partial charge in [0, 0.05) is 14.2 Å². The second-order valence-electron chi connectivity index (χ2n) is 3.60. The van der Waals surface area contributed by atoms with E-state index in [0.29, 0.717) is 5.02 Å². The van der Waals surface area contributed by atoms with E-state index >= 15 is 0 Å². The summed E-state index contributed by atoms with van der Waals surface area (Å²) in [6.07, 6.45) is 0. The summed E-state index contributed by atoms with van der Waals surface area (Å²) in [4.78, 5) is 2.45. The topological polar surface area (TPSA) is 26.0 Å². The van der Waals surface area contributed by atoms with Gasteiger partial charge in [-0.05, 0) is 52.7 Å². The lowest BCUT2D eigenvalue weighted by atomic mass is 10.1. The summed E-state index contributed by atoms with van der Waals surface area (Å²) < 4.78 is 0.885. The Bertz CT molecular complexity index is 509. The molecule has 84 valence electrons. The summed E-state index contributed by atoms with van der Waals surface area (Å²) in [6.45, 7) is 2.08. The molecule has 0 fully saturated rings. The quantitative estimate of drug-likeness (QED) is 0.866. The van der Waals surface area contributed by atoms with Crippen LogP contribution in [-0.2, 0) is 0 Å². The van der Waals surface area contributed by atoms with Gasteiger partial charge in [-0.15, -0.1) is 11.3 Å². The van der Waals surface area contributed by atoms with Gasteiger partial charge >= 0.3 is 0 Å². The molecule has 0 aliphatic heterocycles. The average Bonchev–Trinajstić information content (AvgIpc) is 2.68. The molecular weight excluding hydrogens is 306 g/mol. The fraction of sp³-hybridized carbons (Fsp3) is 0.167. The summed E-state index contributed by atoms with van der Waals surface area (Å²) >= 11 is 11.1. The first kappa shape index (κ1) is 12.1. The highest BCUT2D eigenvalue weighted by molar-refractivity contribution is 9.10. The van der Waals surface area contributed by atoms with Crippen molar-refractivity contribution < 1.29 is 0 Å². The lowest BCUT2D eigenvalue weighted by Crippen LogP contribution is -2.09. The van der Waals surface area contributed by atoms with Crippen LogP contribution in [0.15, 0.2) is 34.8 Å². The molecule has 2 aromatic rings. The molecule has 0 amide bonds. The van der Waals surface area contributed by atoms with Crippen LogP contribution in [-0.4, -0.2) is 0 Å². The third kappa shape index (κ3) is 2.48. The number of rotatable bonds is 2. The first-order chi connectivity index (χ1) is 7.58. The van der Waals surface area contributed by atoms with Crippen molar-refractivity contribution in [2.24, 2.45) is 5.73 Å². The van der Waals surface area contributed by atoms with Crippen LogP contribution in [0, 0.1) is 6.92 Å². The monoisotopic (exact) mass is 315 g/mol. The molecule has 4 heteroatoms. The number of nitrogens with two attached hydrogens (primary N) is 1. The zero-order valence-electron chi connectivity index (χ0n) is 8.71. The molecule has 2 N–H and O–H groups in total. The van der Waals surface area contributed by atoms with Crippen molar-refractivity contribution in [2.75, 3.05) is 0 Å². The number of thiophene rings is 1. The van der Waals surface area contributed by atoms with Gasteiger partial charge in [0.05, 0.1) is 11.1 Å². The molecule has 16 heavy (non-hydrogen) atoms. The molecule has 1 aromatic heterocycles. The van der Waals surface area contributed by atoms with E-state index in [-0.39, 0.29) is 6.04 Å². The SMILES string of the molecule is Cc1ccc(C(N)c2ccc(Cl)c(Br)c2)s1. The molecule has 0 aliphatic carbocycles. The Labute approximate surface area is 112 Å². The summed E-state index contributed by atoms with van der Waals surface area (Å²) in [5.41, 5.74) is 7.26. The molecule has 0 aliphatic rings. The van der Waals surface area contributed by atoms with Crippen molar-refractivity contribution in [1.29, 1.82) is 0 Å². The summed E-state index contributed by atoms with van der Waals surface area (Å²) in [6, 6.07) is 9.89. The zero-order valence-corrected chi connectivity index (χ0v) is 11.9.